The van der Waals surface area contributed by atoms with E-state index in [1.54, 1.807) is 0 Å². The first-order chi connectivity index (χ1) is 19.7. The Hall–Kier alpha value is -1.58. The van der Waals surface area contributed by atoms with Crippen molar-refractivity contribution in [1.29, 1.82) is 0 Å². The highest BCUT2D eigenvalue weighted by Crippen LogP contribution is 2.11. The van der Waals surface area contributed by atoms with Gasteiger partial charge < -0.3 is 10.4 Å². The van der Waals surface area contributed by atoms with Gasteiger partial charge in [0, 0.05) is 19.4 Å². The molecule has 2 N–H and O–H groups in total. The number of carboxylic acids is 1. The van der Waals surface area contributed by atoms with Crippen molar-refractivity contribution < 1.29 is 14.7 Å². The number of hydrogen-bond donors (Lipinski definition) is 2. The van der Waals surface area contributed by atoms with E-state index in [2.05, 4.69) is 36.5 Å². The summed E-state index contributed by atoms with van der Waals surface area (Å²) in [5.41, 5.74) is 0. The van der Waals surface area contributed by atoms with Crippen LogP contribution in [0.3, 0.4) is 0 Å². The fourth-order valence-electron chi connectivity index (χ4n) is 5.07. The first-order valence-electron chi connectivity index (χ1n) is 17.4. The van der Waals surface area contributed by atoms with Gasteiger partial charge in [0.25, 0.3) is 0 Å². The SMILES string of the molecule is CCCCCCCCC=CCCCCCCCC(=O)NCCCCCCCCC=CCCCCCCCC(=O)O. The summed E-state index contributed by atoms with van der Waals surface area (Å²) in [7, 11) is 0. The second-order valence-corrected chi connectivity index (χ2v) is 11.8. The van der Waals surface area contributed by atoms with Crippen LogP contribution in [0.15, 0.2) is 24.3 Å². The Balaban J connectivity index is 3.24. The van der Waals surface area contributed by atoms with Crippen LogP contribution in [0.5, 0.6) is 0 Å². The molecule has 0 fully saturated rings. The number of aliphatic carboxylic acids is 1. The minimum Gasteiger partial charge on any atom is -0.481 e. The van der Waals surface area contributed by atoms with E-state index in [4.69, 9.17) is 5.11 Å². The maximum absolute atomic E-state index is 12.0. The van der Waals surface area contributed by atoms with Crippen molar-refractivity contribution in [2.24, 2.45) is 0 Å². The highest BCUT2D eigenvalue weighted by Gasteiger charge is 2.01. The average Bonchev–Trinajstić information content (AvgIpc) is 2.94. The zero-order chi connectivity index (χ0) is 29.2. The van der Waals surface area contributed by atoms with Gasteiger partial charge in [0.1, 0.15) is 0 Å². The van der Waals surface area contributed by atoms with Crippen LogP contribution in [0, 0.1) is 0 Å². The van der Waals surface area contributed by atoms with Crippen LogP contribution in [0.25, 0.3) is 0 Å². The van der Waals surface area contributed by atoms with Gasteiger partial charge in [-0.25, -0.2) is 0 Å². The van der Waals surface area contributed by atoms with Crippen molar-refractivity contribution >= 4 is 11.9 Å². The molecule has 0 rings (SSSR count). The third-order valence-corrected chi connectivity index (χ3v) is 7.71. The molecule has 0 radical (unpaired) electrons. The van der Waals surface area contributed by atoms with Crippen LogP contribution in [0.2, 0.25) is 0 Å². The van der Waals surface area contributed by atoms with Gasteiger partial charge in [-0.2, -0.15) is 0 Å². The maximum atomic E-state index is 12.0. The third kappa shape index (κ3) is 34.4. The lowest BCUT2D eigenvalue weighted by Crippen LogP contribution is -2.23. The number of amides is 1. The van der Waals surface area contributed by atoms with Crippen molar-refractivity contribution in [3.8, 4) is 0 Å². The van der Waals surface area contributed by atoms with Crippen molar-refractivity contribution in [3.63, 3.8) is 0 Å². The van der Waals surface area contributed by atoms with E-state index < -0.39 is 5.97 Å². The quantitative estimate of drug-likeness (QED) is 0.0634. The van der Waals surface area contributed by atoms with E-state index in [0.717, 1.165) is 45.1 Å². The summed E-state index contributed by atoms with van der Waals surface area (Å²) in [5, 5.41) is 11.7. The van der Waals surface area contributed by atoms with E-state index in [1.165, 1.54) is 128 Å². The Morgan fingerprint density at radius 1 is 0.475 bits per heavy atom. The van der Waals surface area contributed by atoms with Gasteiger partial charge in [-0.15, -0.1) is 0 Å². The molecule has 4 heteroatoms. The number of carboxylic acid groups (broad SMARTS) is 1. The Morgan fingerprint density at radius 2 is 0.825 bits per heavy atom. The summed E-state index contributed by atoms with van der Waals surface area (Å²) in [4.78, 5) is 22.5. The first kappa shape index (κ1) is 38.4. The van der Waals surface area contributed by atoms with Crippen molar-refractivity contribution in [1.82, 2.24) is 5.32 Å². The van der Waals surface area contributed by atoms with Gasteiger partial charge in [0.2, 0.25) is 5.91 Å². The zero-order valence-corrected chi connectivity index (χ0v) is 26.6. The smallest absolute Gasteiger partial charge is 0.303 e. The molecule has 0 spiro atoms. The Labute approximate surface area is 249 Å². The summed E-state index contributed by atoms with van der Waals surface area (Å²) < 4.78 is 0. The van der Waals surface area contributed by atoms with Gasteiger partial charge in [-0.05, 0) is 70.6 Å². The van der Waals surface area contributed by atoms with Gasteiger partial charge in [0.05, 0.1) is 0 Å². The molecule has 0 aromatic carbocycles. The minimum absolute atomic E-state index is 0.239. The molecule has 0 heterocycles. The van der Waals surface area contributed by atoms with Gasteiger partial charge in [-0.1, -0.05) is 128 Å². The fourth-order valence-corrected chi connectivity index (χ4v) is 5.07. The maximum Gasteiger partial charge on any atom is 0.303 e. The van der Waals surface area contributed by atoms with Crippen LogP contribution in [0.4, 0.5) is 0 Å². The predicted molar refractivity (Wildman–Crippen MR) is 174 cm³/mol. The average molecular weight is 562 g/mol. The standard InChI is InChI=1S/C36H67NO3/c1-2-3-4-5-6-7-8-9-11-14-17-20-23-26-29-32-35(38)37-34-31-28-25-22-19-16-13-10-12-15-18-21-24-27-30-33-36(39)40/h9-12H,2-8,13-34H2,1H3,(H,37,38)(H,39,40). The minimum atomic E-state index is -0.675. The number of hydrogen-bond acceptors (Lipinski definition) is 2. The Kier molecular flexibility index (Phi) is 32.3. The third-order valence-electron chi connectivity index (χ3n) is 7.71. The van der Waals surface area contributed by atoms with E-state index in [9.17, 15) is 9.59 Å². The second kappa shape index (κ2) is 33.6. The number of allylic oxidation sites excluding steroid dienone is 4. The molecule has 0 saturated carbocycles. The van der Waals surface area contributed by atoms with Crippen molar-refractivity contribution in [2.45, 2.75) is 187 Å². The summed E-state index contributed by atoms with van der Waals surface area (Å²) in [5.74, 6) is -0.436. The summed E-state index contributed by atoms with van der Waals surface area (Å²) in [6, 6.07) is 0. The van der Waals surface area contributed by atoms with E-state index in [0.29, 0.717) is 12.8 Å². The fraction of sp³-hybridized carbons (Fsp3) is 0.833. The van der Waals surface area contributed by atoms with E-state index in [-0.39, 0.29) is 5.91 Å². The second-order valence-electron chi connectivity index (χ2n) is 11.8. The molecule has 4 nitrogen and oxygen atoms in total. The largest absolute Gasteiger partial charge is 0.481 e. The molecule has 0 aliphatic carbocycles. The van der Waals surface area contributed by atoms with Crippen LogP contribution < -0.4 is 5.32 Å². The van der Waals surface area contributed by atoms with Gasteiger partial charge >= 0.3 is 5.97 Å². The van der Waals surface area contributed by atoms with Crippen molar-refractivity contribution in [2.75, 3.05) is 6.54 Å². The van der Waals surface area contributed by atoms with Crippen LogP contribution in [0.1, 0.15) is 187 Å². The molecule has 0 unspecified atom stereocenters. The molecular weight excluding hydrogens is 494 g/mol. The van der Waals surface area contributed by atoms with E-state index >= 15 is 0 Å². The van der Waals surface area contributed by atoms with Gasteiger partial charge in [0.15, 0.2) is 0 Å². The zero-order valence-electron chi connectivity index (χ0n) is 26.6. The number of nitrogens with one attached hydrogen (secondary N) is 1. The number of unbranched alkanes of at least 4 members (excludes halogenated alkanes) is 22. The Bertz CT molecular complexity index is 599. The molecule has 0 aliphatic heterocycles. The lowest BCUT2D eigenvalue weighted by Gasteiger charge is -2.05. The van der Waals surface area contributed by atoms with Crippen LogP contribution in [-0.4, -0.2) is 23.5 Å². The summed E-state index contributed by atoms with van der Waals surface area (Å²) >= 11 is 0. The predicted octanol–water partition coefficient (Wildman–Crippen LogP) is 11.2. The lowest BCUT2D eigenvalue weighted by molar-refractivity contribution is -0.137. The summed E-state index contributed by atoms with van der Waals surface area (Å²) in [6.45, 7) is 3.11. The monoisotopic (exact) mass is 562 g/mol. The number of carbonyl (C=O) groups is 2. The first-order valence-corrected chi connectivity index (χ1v) is 17.4. The van der Waals surface area contributed by atoms with Crippen LogP contribution >= 0.6 is 0 Å². The molecular formula is C36H67NO3. The summed E-state index contributed by atoms with van der Waals surface area (Å²) in [6.07, 6.45) is 42.5. The lowest BCUT2D eigenvalue weighted by atomic mass is 10.1. The number of rotatable bonds is 32. The molecule has 0 atom stereocenters. The molecule has 0 saturated heterocycles. The topological polar surface area (TPSA) is 66.4 Å². The highest BCUT2D eigenvalue weighted by molar-refractivity contribution is 5.75. The molecule has 0 aliphatic rings. The molecule has 40 heavy (non-hydrogen) atoms. The number of carbonyl (C=O) groups excluding carboxylic acids is 1. The molecule has 0 bridgehead atoms. The molecule has 1 amide bonds. The van der Waals surface area contributed by atoms with Crippen molar-refractivity contribution in [3.05, 3.63) is 24.3 Å². The Morgan fingerprint density at radius 3 is 1.25 bits per heavy atom. The van der Waals surface area contributed by atoms with Gasteiger partial charge in [-0.3, -0.25) is 9.59 Å². The molecule has 0 aromatic rings. The van der Waals surface area contributed by atoms with Crippen LogP contribution in [-0.2, 0) is 9.59 Å². The molecule has 0 aromatic heterocycles. The normalized spacial score (nSPS) is 11.6. The highest BCUT2D eigenvalue weighted by atomic mass is 16.4. The van der Waals surface area contributed by atoms with E-state index in [1.807, 2.05) is 0 Å². The molecule has 234 valence electrons.